The van der Waals surface area contributed by atoms with Gasteiger partial charge < -0.3 is 19.7 Å². The molecule has 6 atom stereocenters. The number of ether oxygens (including phenoxy) is 2. The molecule has 1 aliphatic heterocycles. The van der Waals surface area contributed by atoms with Crippen molar-refractivity contribution in [3.63, 3.8) is 0 Å². The number of aliphatic hydroxyl groups excluding tert-OH is 2. The quantitative estimate of drug-likeness (QED) is 0.500. The molecule has 2 N–H and O–H groups in total. The lowest BCUT2D eigenvalue weighted by molar-refractivity contribution is -0.145. The zero-order chi connectivity index (χ0) is 20.6. The SMILES string of the molecule is CC1(C)O[C@H]2[C@H]([Si](C)(C)C(C)(C)C)C=CC[C@H]2O1.C[C@@H]1C=CC[C@@H](O)[C@H]1O. The fourth-order valence-corrected chi connectivity index (χ4v) is 6.73. The highest BCUT2D eigenvalue weighted by Crippen LogP contribution is 2.51. The normalized spacial score (nSPS) is 38.1. The third-order valence-electron chi connectivity index (χ3n) is 6.80. The Hall–Kier alpha value is -0.463. The minimum atomic E-state index is -1.44. The topological polar surface area (TPSA) is 58.9 Å². The Bertz CT molecular complexity index is 561. The van der Waals surface area contributed by atoms with Crippen LogP contribution in [0.15, 0.2) is 24.3 Å². The monoisotopic (exact) mass is 396 g/mol. The van der Waals surface area contributed by atoms with Gasteiger partial charge in [-0.25, -0.2) is 0 Å². The Balaban J connectivity index is 0.000000244. The van der Waals surface area contributed by atoms with Gasteiger partial charge in [0.15, 0.2) is 5.79 Å². The van der Waals surface area contributed by atoms with E-state index in [2.05, 4.69) is 46.0 Å². The van der Waals surface area contributed by atoms with E-state index in [1.807, 2.05) is 32.9 Å². The second kappa shape index (κ2) is 8.11. The Kier molecular flexibility index (Phi) is 6.86. The first-order valence-corrected chi connectivity index (χ1v) is 13.4. The minimum absolute atomic E-state index is 0.105. The number of hydrogen-bond acceptors (Lipinski definition) is 4. The summed E-state index contributed by atoms with van der Waals surface area (Å²) in [5.41, 5.74) is 0.554. The molecule has 5 heteroatoms. The smallest absolute Gasteiger partial charge is 0.163 e. The molecule has 4 nitrogen and oxygen atoms in total. The van der Waals surface area contributed by atoms with Crippen molar-refractivity contribution in [2.45, 2.75) is 108 Å². The molecule has 3 aliphatic rings. The Morgan fingerprint density at radius 1 is 1.00 bits per heavy atom. The summed E-state index contributed by atoms with van der Waals surface area (Å²) in [5, 5.41) is 18.6. The molecule has 3 rings (SSSR count). The summed E-state index contributed by atoms with van der Waals surface area (Å²) in [6, 6.07) is 0. The van der Waals surface area contributed by atoms with E-state index in [-0.39, 0.29) is 18.1 Å². The second-order valence-electron chi connectivity index (χ2n) is 10.4. The van der Waals surface area contributed by atoms with Gasteiger partial charge in [-0.2, -0.15) is 0 Å². The molecule has 0 radical (unpaired) electrons. The fraction of sp³-hybridized carbons (Fsp3) is 0.818. The Morgan fingerprint density at radius 2 is 1.59 bits per heavy atom. The minimum Gasteiger partial charge on any atom is -0.390 e. The van der Waals surface area contributed by atoms with Crippen LogP contribution in [0, 0.1) is 5.92 Å². The lowest BCUT2D eigenvalue weighted by atomic mass is 9.92. The van der Waals surface area contributed by atoms with Gasteiger partial charge in [0.2, 0.25) is 0 Å². The molecule has 2 aliphatic carbocycles. The second-order valence-corrected chi connectivity index (χ2v) is 16.0. The lowest BCUT2D eigenvalue weighted by Crippen LogP contribution is -2.49. The van der Waals surface area contributed by atoms with Crippen LogP contribution in [-0.2, 0) is 9.47 Å². The van der Waals surface area contributed by atoms with Gasteiger partial charge in [0.1, 0.15) is 0 Å². The number of aliphatic hydroxyl groups is 2. The molecule has 0 aromatic rings. The summed E-state index contributed by atoms with van der Waals surface area (Å²) in [6.07, 6.45) is 9.53. The molecular weight excluding hydrogens is 356 g/mol. The van der Waals surface area contributed by atoms with Gasteiger partial charge in [0, 0.05) is 11.5 Å². The van der Waals surface area contributed by atoms with Gasteiger partial charge in [-0.15, -0.1) is 0 Å². The fourth-order valence-electron chi connectivity index (χ4n) is 4.01. The van der Waals surface area contributed by atoms with Crippen molar-refractivity contribution in [1.82, 2.24) is 0 Å². The molecule has 0 aromatic heterocycles. The van der Waals surface area contributed by atoms with Crippen LogP contribution in [0.3, 0.4) is 0 Å². The van der Waals surface area contributed by atoms with Crippen LogP contribution in [-0.4, -0.2) is 48.5 Å². The first-order chi connectivity index (χ1) is 12.3. The molecule has 1 fully saturated rings. The summed E-state index contributed by atoms with van der Waals surface area (Å²) in [7, 11) is -1.44. The van der Waals surface area contributed by atoms with E-state index in [0.29, 0.717) is 17.0 Å². The zero-order valence-corrected chi connectivity index (χ0v) is 19.4. The summed E-state index contributed by atoms with van der Waals surface area (Å²) in [6.45, 7) is 18.1. The number of rotatable bonds is 1. The average Bonchev–Trinajstić information content (AvgIpc) is 2.85. The first-order valence-electron chi connectivity index (χ1n) is 10.3. The van der Waals surface area contributed by atoms with Gasteiger partial charge in [0.05, 0.1) is 32.5 Å². The molecule has 1 heterocycles. The van der Waals surface area contributed by atoms with Crippen LogP contribution < -0.4 is 0 Å². The molecule has 0 spiro atoms. The van der Waals surface area contributed by atoms with E-state index < -0.39 is 26.1 Å². The van der Waals surface area contributed by atoms with Gasteiger partial charge in [-0.3, -0.25) is 0 Å². The highest BCUT2D eigenvalue weighted by molar-refractivity contribution is 6.82. The molecule has 156 valence electrons. The highest BCUT2D eigenvalue weighted by Gasteiger charge is 2.53. The van der Waals surface area contributed by atoms with Crippen molar-refractivity contribution in [2.24, 2.45) is 5.92 Å². The zero-order valence-electron chi connectivity index (χ0n) is 18.4. The van der Waals surface area contributed by atoms with E-state index in [4.69, 9.17) is 19.7 Å². The van der Waals surface area contributed by atoms with E-state index >= 15 is 0 Å². The summed E-state index contributed by atoms with van der Waals surface area (Å²) >= 11 is 0. The van der Waals surface area contributed by atoms with Crippen molar-refractivity contribution in [2.75, 3.05) is 0 Å². The third kappa shape index (κ3) is 5.13. The van der Waals surface area contributed by atoms with Gasteiger partial charge >= 0.3 is 0 Å². The maximum atomic E-state index is 9.14. The van der Waals surface area contributed by atoms with Crippen LogP contribution in [0.2, 0.25) is 23.7 Å². The molecule has 0 unspecified atom stereocenters. The van der Waals surface area contributed by atoms with E-state index in [1.165, 1.54) is 0 Å². The highest BCUT2D eigenvalue weighted by atomic mass is 28.3. The molecule has 1 saturated heterocycles. The van der Waals surface area contributed by atoms with Crippen LogP contribution >= 0.6 is 0 Å². The first kappa shape index (κ1) is 22.8. The van der Waals surface area contributed by atoms with E-state index in [0.717, 1.165) is 6.42 Å². The molecular formula is C22H40O4Si. The Morgan fingerprint density at radius 3 is 2.11 bits per heavy atom. The van der Waals surface area contributed by atoms with Gasteiger partial charge in [-0.1, -0.05) is 65.1 Å². The van der Waals surface area contributed by atoms with E-state index in [1.54, 1.807) is 0 Å². The summed E-state index contributed by atoms with van der Waals surface area (Å²) < 4.78 is 12.2. The van der Waals surface area contributed by atoms with Gasteiger partial charge in [-0.05, 0) is 31.7 Å². The van der Waals surface area contributed by atoms with Crippen molar-refractivity contribution < 1.29 is 19.7 Å². The maximum absolute atomic E-state index is 9.14. The predicted octanol–water partition coefficient (Wildman–Crippen LogP) is 4.65. The summed E-state index contributed by atoms with van der Waals surface area (Å²) in [5.74, 6) is -0.309. The van der Waals surface area contributed by atoms with Gasteiger partial charge in [0.25, 0.3) is 0 Å². The van der Waals surface area contributed by atoms with Crippen molar-refractivity contribution in [1.29, 1.82) is 0 Å². The van der Waals surface area contributed by atoms with Crippen LogP contribution in [0.1, 0.15) is 54.4 Å². The average molecular weight is 397 g/mol. The van der Waals surface area contributed by atoms with Crippen molar-refractivity contribution in [3.8, 4) is 0 Å². The van der Waals surface area contributed by atoms with E-state index in [9.17, 15) is 0 Å². The number of fused-ring (bicyclic) bond motifs is 1. The van der Waals surface area contributed by atoms with Crippen molar-refractivity contribution in [3.05, 3.63) is 24.3 Å². The molecule has 0 amide bonds. The predicted molar refractivity (Wildman–Crippen MR) is 113 cm³/mol. The van der Waals surface area contributed by atoms with Crippen molar-refractivity contribution >= 4 is 8.07 Å². The number of hydrogen-bond donors (Lipinski definition) is 2. The molecule has 0 aromatic carbocycles. The largest absolute Gasteiger partial charge is 0.390 e. The molecule has 0 bridgehead atoms. The Labute approximate surface area is 166 Å². The third-order valence-corrected chi connectivity index (χ3v) is 12.9. The van der Waals surface area contributed by atoms with Crippen LogP contribution in [0.4, 0.5) is 0 Å². The van der Waals surface area contributed by atoms with Crippen LogP contribution in [0.5, 0.6) is 0 Å². The summed E-state index contributed by atoms with van der Waals surface area (Å²) in [4.78, 5) is 0. The molecule has 27 heavy (non-hydrogen) atoms. The maximum Gasteiger partial charge on any atom is 0.163 e. The molecule has 0 saturated carbocycles. The lowest BCUT2D eigenvalue weighted by Gasteiger charge is -2.46. The standard InChI is InChI=1S/C15H28O2Si.C7H12O2/c1-14(2,3)18(6,7)12-10-8-9-11-13(12)17-15(4,5)16-11;1-5-3-2-4-6(8)7(5)9/h8,10-13H,9H2,1-7H3;2-3,5-9H,4H2,1H3/t11-,12-,13-;5-,6-,7+/m11/s1. The van der Waals surface area contributed by atoms with Crippen LogP contribution in [0.25, 0.3) is 0 Å².